The van der Waals surface area contributed by atoms with Gasteiger partial charge in [-0.3, -0.25) is 4.79 Å². The minimum absolute atomic E-state index is 0.0998. The van der Waals surface area contributed by atoms with Crippen molar-refractivity contribution in [2.24, 2.45) is 0 Å². The normalized spacial score (nSPS) is 16.0. The van der Waals surface area contributed by atoms with Crippen molar-refractivity contribution in [1.82, 2.24) is 39.0 Å². The summed E-state index contributed by atoms with van der Waals surface area (Å²) in [6, 6.07) is 11.2. The maximum atomic E-state index is 13.9. The number of carbonyl (C=O) groups is 1. The molecule has 0 aromatic carbocycles. The van der Waals surface area contributed by atoms with Crippen LogP contribution in [-0.2, 0) is 13.0 Å². The molecule has 0 saturated heterocycles. The van der Waals surface area contributed by atoms with Gasteiger partial charge in [-0.1, -0.05) is 23.7 Å². The van der Waals surface area contributed by atoms with Gasteiger partial charge in [-0.2, -0.15) is 10.2 Å². The van der Waals surface area contributed by atoms with Crippen molar-refractivity contribution in [3.05, 3.63) is 88.5 Å². The number of halogens is 1. The Morgan fingerprint density at radius 1 is 1.26 bits per heavy atom. The van der Waals surface area contributed by atoms with Crippen LogP contribution in [0.4, 0.5) is 0 Å². The van der Waals surface area contributed by atoms with Crippen LogP contribution in [0.5, 0.6) is 0 Å². The third kappa shape index (κ3) is 3.36. The SMILES string of the molecule is CN(C)Cc1ccc2c(C(=O)N3CCc4[nH]cnc4C3c3cc4cccc(Cl)n4n3)cnn2c1. The predicted octanol–water partition coefficient (Wildman–Crippen LogP) is 3.21. The van der Waals surface area contributed by atoms with Crippen LogP contribution in [0.3, 0.4) is 0 Å². The van der Waals surface area contributed by atoms with Crippen LogP contribution in [-0.4, -0.2) is 65.5 Å². The van der Waals surface area contributed by atoms with Gasteiger partial charge in [0.25, 0.3) is 5.91 Å². The molecule has 0 bridgehead atoms. The minimum atomic E-state index is -0.429. The second-order valence-electron chi connectivity index (χ2n) is 8.83. The van der Waals surface area contributed by atoms with E-state index in [0.29, 0.717) is 23.7 Å². The molecule has 0 radical (unpaired) electrons. The van der Waals surface area contributed by atoms with Gasteiger partial charge < -0.3 is 14.8 Å². The van der Waals surface area contributed by atoms with Gasteiger partial charge in [0.2, 0.25) is 0 Å². The topological polar surface area (TPSA) is 86.8 Å². The number of hydrogen-bond acceptors (Lipinski definition) is 5. The molecule has 1 atom stereocenters. The zero-order chi connectivity index (χ0) is 23.4. The zero-order valence-electron chi connectivity index (χ0n) is 18.8. The molecule has 1 N–H and O–H groups in total. The van der Waals surface area contributed by atoms with Gasteiger partial charge in [-0.25, -0.2) is 14.0 Å². The molecule has 5 aromatic heterocycles. The van der Waals surface area contributed by atoms with E-state index < -0.39 is 6.04 Å². The average molecular weight is 475 g/mol. The van der Waals surface area contributed by atoms with E-state index in [1.54, 1.807) is 27.6 Å². The largest absolute Gasteiger partial charge is 0.348 e. The molecule has 5 aromatic rings. The van der Waals surface area contributed by atoms with Crippen molar-refractivity contribution >= 4 is 28.5 Å². The number of amides is 1. The highest BCUT2D eigenvalue weighted by atomic mass is 35.5. The molecule has 6 rings (SSSR count). The highest BCUT2D eigenvalue weighted by molar-refractivity contribution is 6.29. The van der Waals surface area contributed by atoms with E-state index in [0.717, 1.165) is 40.2 Å². The standard InChI is InChI=1S/C24H23ClN8O/c1-30(2)12-15-6-7-20-17(11-28-32(20)13-15)24(34)31-9-8-18-22(27-14-26-18)23(31)19-10-16-4-3-5-21(25)33(16)29-19/h3-7,10-11,13-14,23H,8-9,12H2,1-2H3,(H,26,27). The monoisotopic (exact) mass is 474 g/mol. The Hall–Kier alpha value is -3.69. The fourth-order valence-corrected chi connectivity index (χ4v) is 4.94. The van der Waals surface area contributed by atoms with E-state index in [-0.39, 0.29) is 5.91 Å². The molecule has 1 amide bonds. The van der Waals surface area contributed by atoms with Crippen molar-refractivity contribution in [3.63, 3.8) is 0 Å². The molecule has 34 heavy (non-hydrogen) atoms. The number of pyridine rings is 2. The van der Waals surface area contributed by atoms with E-state index in [9.17, 15) is 4.79 Å². The molecule has 172 valence electrons. The van der Waals surface area contributed by atoms with Crippen LogP contribution in [0, 0.1) is 0 Å². The number of nitrogens with zero attached hydrogens (tertiary/aromatic N) is 7. The quantitative estimate of drug-likeness (QED) is 0.404. The fourth-order valence-electron chi connectivity index (χ4n) is 4.73. The van der Waals surface area contributed by atoms with Gasteiger partial charge in [0.1, 0.15) is 11.2 Å². The number of imidazole rings is 1. The lowest BCUT2D eigenvalue weighted by molar-refractivity contribution is 0.0689. The van der Waals surface area contributed by atoms with Crippen LogP contribution in [0.15, 0.2) is 55.1 Å². The molecule has 0 spiro atoms. The Bertz CT molecular complexity index is 1530. The first-order valence-corrected chi connectivity index (χ1v) is 11.5. The number of nitrogens with one attached hydrogen (secondary N) is 1. The summed E-state index contributed by atoms with van der Waals surface area (Å²) in [4.78, 5) is 25.6. The maximum Gasteiger partial charge on any atom is 0.258 e. The summed E-state index contributed by atoms with van der Waals surface area (Å²) in [5.74, 6) is -0.0998. The summed E-state index contributed by atoms with van der Waals surface area (Å²) in [6.45, 7) is 1.34. The molecule has 6 heterocycles. The van der Waals surface area contributed by atoms with Gasteiger partial charge in [-0.05, 0) is 43.9 Å². The smallest absolute Gasteiger partial charge is 0.258 e. The molecular formula is C24H23ClN8O. The number of aromatic amines is 1. The highest BCUT2D eigenvalue weighted by Crippen LogP contribution is 2.35. The van der Waals surface area contributed by atoms with Crippen molar-refractivity contribution < 1.29 is 4.79 Å². The second kappa shape index (κ2) is 7.96. The molecule has 10 heteroatoms. The Morgan fingerprint density at radius 3 is 2.97 bits per heavy atom. The lowest BCUT2D eigenvalue weighted by atomic mass is 9.98. The van der Waals surface area contributed by atoms with Crippen molar-refractivity contribution in [1.29, 1.82) is 0 Å². The van der Waals surface area contributed by atoms with Gasteiger partial charge in [0.05, 0.1) is 40.5 Å². The third-order valence-electron chi connectivity index (χ3n) is 6.23. The van der Waals surface area contributed by atoms with Gasteiger partial charge in [0.15, 0.2) is 0 Å². The Kier molecular flexibility index (Phi) is 4.89. The summed E-state index contributed by atoms with van der Waals surface area (Å²) in [6.07, 6.45) is 5.98. The van der Waals surface area contributed by atoms with Crippen LogP contribution in [0.1, 0.15) is 39.0 Å². The summed E-state index contributed by atoms with van der Waals surface area (Å²) in [5.41, 5.74) is 5.87. The predicted molar refractivity (Wildman–Crippen MR) is 128 cm³/mol. The Labute approximate surface area is 200 Å². The molecule has 1 aliphatic rings. The number of H-pyrrole nitrogens is 1. The second-order valence-corrected chi connectivity index (χ2v) is 9.22. The molecule has 0 aliphatic carbocycles. The Morgan fingerprint density at radius 2 is 2.15 bits per heavy atom. The summed E-state index contributed by atoms with van der Waals surface area (Å²) in [7, 11) is 4.04. The lowest BCUT2D eigenvalue weighted by Gasteiger charge is -2.33. The van der Waals surface area contributed by atoms with Gasteiger partial charge in [0, 0.05) is 31.4 Å². The summed E-state index contributed by atoms with van der Waals surface area (Å²) < 4.78 is 3.46. The van der Waals surface area contributed by atoms with Gasteiger partial charge >= 0.3 is 0 Å². The lowest BCUT2D eigenvalue weighted by Crippen LogP contribution is -2.41. The number of rotatable bonds is 4. The fraction of sp³-hybridized carbons (Fsp3) is 0.250. The van der Waals surface area contributed by atoms with Crippen molar-refractivity contribution in [3.8, 4) is 0 Å². The summed E-state index contributed by atoms with van der Waals surface area (Å²) in [5, 5.41) is 9.72. The average Bonchev–Trinajstić information content (AvgIpc) is 3.55. The van der Waals surface area contributed by atoms with Crippen LogP contribution >= 0.6 is 11.6 Å². The molecule has 1 unspecified atom stereocenters. The van der Waals surface area contributed by atoms with E-state index in [2.05, 4.69) is 20.0 Å². The highest BCUT2D eigenvalue weighted by Gasteiger charge is 2.37. The zero-order valence-corrected chi connectivity index (χ0v) is 19.6. The molecule has 0 saturated carbocycles. The molecule has 1 aliphatic heterocycles. The number of hydrogen-bond donors (Lipinski definition) is 1. The van der Waals surface area contributed by atoms with E-state index in [1.165, 1.54) is 0 Å². The number of fused-ring (bicyclic) bond motifs is 3. The van der Waals surface area contributed by atoms with Crippen LogP contribution in [0.25, 0.3) is 11.0 Å². The molecule has 0 fully saturated rings. The van der Waals surface area contributed by atoms with E-state index in [4.69, 9.17) is 16.7 Å². The maximum absolute atomic E-state index is 13.9. The van der Waals surface area contributed by atoms with Crippen LogP contribution in [0.2, 0.25) is 5.15 Å². The first-order chi connectivity index (χ1) is 16.5. The Balaban J connectivity index is 1.42. The van der Waals surface area contributed by atoms with Gasteiger partial charge in [-0.15, -0.1) is 0 Å². The third-order valence-corrected chi connectivity index (χ3v) is 6.52. The number of carbonyl (C=O) groups excluding carboxylic acids is 1. The minimum Gasteiger partial charge on any atom is -0.348 e. The van der Waals surface area contributed by atoms with E-state index >= 15 is 0 Å². The van der Waals surface area contributed by atoms with Crippen molar-refractivity contribution in [2.45, 2.75) is 19.0 Å². The molecule has 9 nitrogen and oxygen atoms in total. The van der Waals surface area contributed by atoms with Crippen LogP contribution < -0.4 is 0 Å². The number of aromatic nitrogens is 6. The first kappa shape index (κ1) is 20.9. The first-order valence-electron chi connectivity index (χ1n) is 11.1. The van der Waals surface area contributed by atoms with E-state index in [1.807, 2.05) is 55.5 Å². The molecular weight excluding hydrogens is 452 g/mol. The van der Waals surface area contributed by atoms with Crippen molar-refractivity contribution in [2.75, 3.05) is 20.6 Å². The summed E-state index contributed by atoms with van der Waals surface area (Å²) >= 11 is 6.36.